The minimum atomic E-state index is -3.39. The standard InChI is InChI=1S/C16H24N2O3S/c1-22(20,21)18(12-11-14-7-3-2-4-8-14)13-16(19)17-15-9-5-6-10-15/h2-4,7-8,15H,5-6,9-13H2,1H3,(H,17,19). The molecule has 0 spiro atoms. The molecule has 1 amide bonds. The molecule has 0 unspecified atom stereocenters. The molecule has 1 aliphatic carbocycles. The molecule has 122 valence electrons. The Kier molecular flexibility index (Phi) is 5.97. The first-order valence-corrected chi connectivity index (χ1v) is 9.58. The number of benzene rings is 1. The number of hydrogen-bond acceptors (Lipinski definition) is 3. The van der Waals surface area contributed by atoms with E-state index in [4.69, 9.17) is 0 Å². The predicted molar refractivity (Wildman–Crippen MR) is 87.0 cm³/mol. The summed E-state index contributed by atoms with van der Waals surface area (Å²) in [5.41, 5.74) is 1.06. The third-order valence-corrected chi connectivity index (χ3v) is 5.25. The molecule has 1 fully saturated rings. The van der Waals surface area contributed by atoms with Gasteiger partial charge in [-0.25, -0.2) is 8.42 Å². The molecule has 1 saturated carbocycles. The molecule has 1 aromatic carbocycles. The van der Waals surface area contributed by atoms with E-state index in [1.54, 1.807) is 0 Å². The van der Waals surface area contributed by atoms with Gasteiger partial charge in [0.2, 0.25) is 15.9 Å². The quantitative estimate of drug-likeness (QED) is 0.827. The predicted octanol–water partition coefficient (Wildman–Crippen LogP) is 1.55. The summed E-state index contributed by atoms with van der Waals surface area (Å²) in [6.07, 6.45) is 6.01. The summed E-state index contributed by atoms with van der Waals surface area (Å²) in [7, 11) is -3.39. The highest BCUT2D eigenvalue weighted by Gasteiger charge is 2.22. The van der Waals surface area contributed by atoms with Gasteiger partial charge < -0.3 is 5.32 Å². The zero-order chi connectivity index (χ0) is 16.0. The van der Waals surface area contributed by atoms with Crippen LogP contribution in [0.15, 0.2) is 30.3 Å². The number of nitrogens with zero attached hydrogens (tertiary/aromatic N) is 1. The fourth-order valence-electron chi connectivity index (χ4n) is 2.76. The third kappa shape index (κ3) is 5.42. The van der Waals surface area contributed by atoms with E-state index in [1.807, 2.05) is 30.3 Å². The van der Waals surface area contributed by atoms with Crippen molar-refractivity contribution in [2.45, 2.75) is 38.1 Å². The minimum absolute atomic E-state index is 0.0951. The second kappa shape index (κ2) is 7.74. The SMILES string of the molecule is CS(=O)(=O)N(CCc1ccccc1)CC(=O)NC1CCCC1. The molecule has 1 N–H and O–H groups in total. The molecule has 0 saturated heterocycles. The van der Waals surface area contributed by atoms with Crippen LogP contribution < -0.4 is 5.32 Å². The summed E-state index contributed by atoms with van der Waals surface area (Å²) in [6, 6.07) is 9.90. The zero-order valence-electron chi connectivity index (χ0n) is 13.0. The Labute approximate surface area is 132 Å². The second-order valence-corrected chi connectivity index (χ2v) is 7.86. The first kappa shape index (κ1) is 17.0. The molecule has 0 radical (unpaired) electrons. The van der Waals surface area contributed by atoms with Gasteiger partial charge in [-0.1, -0.05) is 43.2 Å². The van der Waals surface area contributed by atoms with Gasteiger partial charge in [-0.15, -0.1) is 0 Å². The molecule has 0 atom stereocenters. The number of carbonyl (C=O) groups is 1. The number of rotatable bonds is 7. The van der Waals surface area contributed by atoms with Crippen LogP contribution in [0, 0.1) is 0 Å². The lowest BCUT2D eigenvalue weighted by atomic mass is 10.1. The van der Waals surface area contributed by atoms with Crippen LogP contribution in [0.1, 0.15) is 31.2 Å². The van der Waals surface area contributed by atoms with E-state index in [9.17, 15) is 13.2 Å². The van der Waals surface area contributed by atoms with Crippen molar-refractivity contribution in [2.24, 2.45) is 0 Å². The van der Waals surface area contributed by atoms with Gasteiger partial charge in [0.25, 0.3) is 0 Å². The Bertz CT molecular complexity index is 581. The summed E-state index contributed by atoms with van der Waals surface area (Å²) in [6.45, 7) is 0.225. The van der Waals surface area contributed by atoms with Gasteiger partial charge in [0.05, 0.1) is 12.8 Å². The molecule has 6 heteroatoms. The fraction of sp³-hybridized carbons (Fsp3) is 0.562. The molecular weight excluding hydrogens is 300 g/mol. The molecular formula is C16H24N2O3S. The Morgan fingerprint density at radius 3 is 2.45 bits per heavy atom. The molecule has 5 nitrogen and oxygen atoms in total. The Hall–Kier alpha value is -1.40. The monoisotopic (exact) mass is 324 g/mol. The highest BCUT2D eigenvalue weighted by molar-refractivity contribution is 7.88. The largest absolute Gasteiger partial charge is 0.352 e. The van der Waals surface area contributed by atoms with Gasteiger partial charge in [0, 0.05) is 12.6 Å². The molecule has 1 aliphatic rings. The third-order valence-electron chi connectivity index (χ3n) is 4.00. The topological polar surface area (TPSA) is 66.5 Å². The maximum Gasteiger partial charge on any atom is 0.235 e. The van der Waals surface area contributed by atoms with E-state index in [0.29, 0.717) is 13.0 Å². The van der Waals surface area contributed by atoms with E-state index in [2.05, 4.69) is 5.32 Å². The van der Waals surface area contributed by atoms with E-state index in [0.717, 1.165) is 37.5 Å². The number of carbonyl (C=O) groups excluding carboxylic acids is 1. The van der Waals surface area contributed by atoms with Crippen LogP contribution in [0.3, 0.4) is 0 Å². The van der Waals surface area contributed by atoms with Gasteiger partial charge in [0.1, 0.15) is 0 Å². The molecule has 0 aliphatic heterocycles. The van der Waals surface area contributed by atoms with Gasteiger partial charge in [-0.2, -0.15) is 4.31 Å². The summed E-state index contributed by atoms with van der Waals surface area (Å²) >= 11 is 0. The highest BCUT2D eigenvalue weighted by atomic mass is 32.2. The average Bonchev–Trinajstić information content (AvgIpc) is 2.96. The molecule has 22 heavy (non-hydrogen) atoms. The Morgan fingerprint density at radius 2 is 1.86 bits per heavy atom. The van der Waals surface area contributed by atoms with Crippen LogP contribution in [0.25, 0.3) is 0 Å². The highest BCUT2D eigenvalue weighted by Crippen LogP contribution is 2.17. The van der Waals surface area contributed by atoms with E-state index < -0.39 is 10.0 Å². The first-order valence-electron chi connectivity index (χ1n) is 7.73. The number of amides is 1. The maximum absolute atomic E-state index is 12.1. The van der Waals surface area contributed by atoms with Gasteiger partial charge in [0.15, 0.2) is 0 Å². The van der Waals surface area contributed by atoms with Crippen molar-refractivity contribution in [1.82, 2.24) is 9.62 Å². The molecule has 0 bridgehead atoms. The molecule has 0 aromatic heterocycles. The summed E-state index contributed by atoms with van der Waals surface area (Å²) in [5, 5.41) is 2.93. The molecule has 2 rings (SSSR count). The summed E-state index contributed by atoms with van der Waals surface area (Å²) in [4.78, 5) is 12.1. The van der Waals surface area contributed by atoms with Crippen molar-refractivity contribution in [3.63, 3.8) is 0 Å². The van der Waals surface area contributed by atoms with Crippen LogP contribution in [-0.4, -0.2) is 44.0 Å². The zero-order valence-corrected chi connectivity index (χ0v) is 13.8. The van der Waals surface area contributed by atoms with Crippen LogP contribution in [0.4, 0.5) is 0 Å². The average molecular weight is 324 g/mol. The minimum Gasteiger partial charge on any atom is -0.352 e. The molecule has 0 heterocycles. The smallest absolute Gasteiger partial charge is 0.235 e. The maximum atomic E-state index is 12.1. The normalized spacial score (nSPS) is 16.1. The van der Waals surface area contributed by atoms with Gasteiger partial charge >= 0.3 is 0 Å². The van der Waals surface area contributed by atoms with Crippen LogP contribution in [0.5, 0.6) is 0 Å². The van der Waals surface area contributed by atoms with Crippen molar-refractivity contribution < 1.29 is 13.2 Å². The fourth-order valence-corrected chi connectivity index (χ4v) is 3.54. The Morgan fingerprint density at radius 1 is 1.23 bits per heavy atom. The number of hydrogen-bond donors (Lipinski definition) is 1. The van der Waals surface area contributed by atoms with Crippen molar-refractivity contribution >= 4 is 15.9 Å². The van der Waals surface area contributed by atoms with Crippen molar-refractivity contribution in [3.05, 3.63) is 35.9 Å². The molecule has 1 aromatic rings. The first-order chi connectivity index (χ1) is 10.4. The number of sulfonamides is 1. The van der Waals surface area contributed by atoms with Gasteiger partial charge in [-0.3, -0.25) is 4.79 Å². The van der Waals surface area contributed by atoms with Gasteiger partial charge in [-0.05, 0) is 24.8 Å². The lowest BCUT2D eigenvalue weighted by Gasteiger charge is -2.21. The van der Waals surface area contributed by atoms with Crippen LogP contribution in [-0.2, 0) is 21.2 Å². The van der Waals surface area contributed by atoms with Crippen molar-refractivity contribution in [3.8, 4) is 0 Å². The lowest BCUT2D eigenvalue weighted by Crippen LogP contribution is -2.43. The summed E-state index contributed by atoms with van der Waals surface area (Å²) in [5.74, 6) is -0.203. The van der Waals surface area contributed by atoms with E-state index in [-0.39, 0.29) is 18.5 Å². The van der Waals surface area contributed by atoms with Crippen LogP contribution >= 0.6 is 0 Å². The number of nitrogens with one attached hydrogen (secondary N) is 1. The second-order valence-electron chi connectivity index (χ2n) is 5.88. The lowest BCUT2D eigenvalue weighted by molar-refractivity contribution is -0.122. The Balaban J connectivity index is 1.90. The van der Waals surface area contributed by atoms with E-state index >= 15 is 0 Å². The summed E-state index contributed by atoms with van der Waals surface area (Å²) < 4.78 is 25.0. The van der Waals surface area contributed by atoms with Crippen molar-refractivity contribution in [1.29, 1.82) is 0 Å². The van der Waals surface area contributed by atoms with Crippen molar-refractivity contribution in [2.75, 3.05) is 19.3 Å². The van der Waals surface area contributed by atoms with E-state index in [1.165, 1.54) is 4.31 Å². The van der Waals surface area contributed by atoms with Crippen LogP contribution in [0.2, 0.25) is 0 Å².